The standard InChI is InChI=1S/C37H58O3/c1-24(25-14-17-29(38)35(11,21-25)32(2,3)4)20-28(26-15-18-30(39)36(12,22-26)33(5,6)7)27-16-19-31(40)37(13,23-27)34(8,9)10/h14-19,21-24,28-31,38-40H,20H2,1-13H3. The van der Waals surface area contributed by atoms with Crippen molar-refractivity contribution in [3.8, 4) is 0 Å². The van der Waals surface area contributed by atoms with E-state index in [1.807, 2.05) is 18.2 Å². The molecular weight excluding hydrogens is 492 g/mol. The van der Waals surface area contributed by atoms with Crippen LogP contribution in [0.4, 0.5) is 0 Å². The number of allylic oxidation sites excluding steroid dienone is 6. The van der Waals surface area contributed by atoms with Crippen molar-refractivity contribution in [1.29, 1.82) is 0 Å². The van der Waals surface area contributed by atoms with Gasteiger partial charge >= 0.3 is 0 Å². The van der Waals surface area contributed by atoms with Crippen molar-refractivity contribution in [2.45, 2.75) is 115 Å². The quantitative estimate of drug-likeness (QED) is 0.322. The van der Waals surface area contributed by atoms with E-state index in [1.165, 1.54) is 16.7 Å². The fraction of sp³-hybridized carbons (Fsp3) is 0.676. The summed E-state index contributed by atoms with van der Waals surface area (Å²) in [6.45, 7) is 28.6. The molecule has 0 saturated heterocycles. The van der Waals surface area contributed by atoms with Gasteiger partial charge < -0.3 is 15.3 Å². The van der Waals surface area contributed by atoms with Crippen molar-refractivity contribution in [3.05, 3.63) is 71.4 Å². The van der Waals surface area contributed by atoms with Crippen LogP contribution in [0, 0.1) is 44.3 Å². The highest BCUT2D eigenvalue weighted by atomic mass is 16.3. The molecule has 0 fully saturated rings. The Kier molecular flexibility index (Phi) is 8.66. The largest absolute Gasteiger partial charge is 0.388 e. The molecule has 3 aliphatic rings. The Morgan fingerprint density at radius 2 is 0.850 bits per heavy atom. The Bertz CT molecular complexity index is 1080. The van der Waals surface area contributed by atoms with Crippen molar-refractivity contribution < 1.29 is 15.3 Å². The van der Waals surface area contributed by atoms with E-state index >= 15 is 0 Å². The molecule has 0 bridgehead atoms. The average molecular weight is 551 g/mol. The zero-order valence-electron chi connectivity index (χ0n) is 27.6. The van der Waals surface area contributed by atoms with Crippen molar-refractivity contribution in [2.75, 3.05) is 0 Å². The lowest BCUT2D eigenvalue weighted by atomic mass is 9.59. The van der Waals surface area contributed by atoms with E-state index in [-0.39, 0.29) is 33.5 Å². The van der Waals surface area contributed by atoms with Gasteiger partial charge in [-0.2, -0.15) is 0 Å². The van der Waals surface area contributed by atoms with Gasteiger partial charge in [-0.15, -0.1) is 0 Å². The first kappa shape index (κ1) is 32.8. The van der Waals surface area contributed by atoms with Crippen LogP contribution in [-0.4, -0.2) is 33.6 Å². The third-order valence-corrected chi connectivity index (χ3v) is 11.5. The van der Waals surface area contributed by atoms with E-state index in [2.05, 4.69) is 126 Å². The van der Waals surface area contributed by atoms with Crippen molar-refractivity contribution >= 4 is 0 Å². The Morgan fingerprint density at radius 3 is 1.15 bits per heavy atom. The van der Waals surface area contributed by atoms with Gasteiger partial charge in [-0.05, 0) is 45.3 Å². The first-order chi connectivity index (χ1) is 18.0. The molecule has 0 aromatic heterocycles. The normalized spacial score (nSPS) is 36.6. The maximum atomic E-state index is 11.1. The van der Waals surface area contributed by atoms with Gasteiger partial charge in [-0.1, -0.05) is 145 Å². The van der Waals surface area contributed by atoms with Crippen LogP contribution in [0.15, 0.2) is 71.4 Å². The fourth-order valence-electron chi connectivity index (χ4n) is 6.32. The van der Waals surface area contributed by atoms with E-state index in [0.717, 1.165) is 6.42 Å². The average Bonchev–Trinajstić information content (AvgIpc) is 2.80. The molecule has 0 radical (unpaired) electrons. The lowest BCUT2D eigenvalue weighted by molar-refractivity contribution is 0.0227. The maximum absolute atomic E-state index is 11.1. The Balaban J connectivity index is 2.15. The molecular formula is C37H58O3. The minimum absolute atomic E-state index is 0.0906. The molecule has 40 heavy (non-hydrogen) atoms. The minimum Gasteiger partial charge on any atom is -0.388 e. The molecule has 7 unspecified atom stereocenters. The predicted molar refractivity (Wildman–Crippen MR) is 170 cm³/mol. The number of hydrogen-bond acceptors (Lipinski definition) is 3. The second-order valence-electron chi connectivity index (χ2n) is 16.6. The highest BCUT2D eigenvalue weighted by Gasteiger charge is 2.46. The van der Waals surface area contributed by atoms with E-state index < -0.39 is 29.1 Å². The summed E-state index contributed by atoms with van der Waals surface area (Å²) in [6.07, 6.45) is 18.5. The number of hydrogen-bond donors (Lipinski definition) is 3. The third-order valence-electron chi connectivity index (χ3n) is 11.5. The first-order valence-corrected chi connectivity index (χ1v) is 15.2. The van der Waals surface area contributed by atoms with Gasteiger partial charge in [0.15, 0.2) is 0 Å². The van der Waals surface area contributed by atoms with Crippen LogP contribution in [-0.2, 0) is 0 Å². The molecule has 3 N–H and O–H groups in total. The van der Waals surface area contributed by atoms with E-state index in [1.54, 1.807) is 0 Å². The van der Waals surface area contributed by atoms with Gasteiger partial charge in [0, 0.05) is 22.2 Å². The SMILES string of the molecule is CC(CC(C1=CC(C)(C(C)(C)C)C(O)C=C1)C1=CC(C)(C(C)(C)C)C(O)C=C1)C1=CC(C)(C(C)(C)C)C(O)C=C1. The number of aliphatic hydroxyl groups excluding tert-OH is 3. The second kappa shape index (κ2) is 10.5. The van der Waals surface area contributed by atoms with Gasteiger partial charge in [-0.3, -0.25) is 0 Å². The van der Waals surface area contributed by atoms with Crippen LogP contribution in [0.3, 0.4) is 0 Å². The van der Waals surface area contributed by atoms with E-state index in [0.29, 0.717) is 0 Å². The lowest BCUT2D eigenvalue weighted by Crippen LogP contribution is -2.44. The molecule has 7 atom stereocenters. The molecule has 0 spiro atoms. The smallest absolute Gasteiger partial charge is 0.0817 e. The van der Waals surface area contributed by atoms with Gasteiger partial charge in [-0.25, -0.2) is 0 Å². The molecule has 224 valence electrons. The summed E-state index contributed by atoms with van der Waals surface area (Å²) >= 11 is 0. The summed E-state index contributed by atoms with van der Waals surface area (Å²) in [5, 5.41) is 33.2. The summed E-state index contributed by atoms with van der Waals surface area (Å²) in [4.78, 5) is 0. The van der Waals surface area contributed by atoms with Gasteiger partial charge in [0.05, 0.1) is 18.3 Å². The van der Waals surface area contributed by atoms with Gasteiger partial charge in [0.2, 0.25) is 0 Å². The van der Waals surface area contributed by atoms with E-state index in [9.17, 15) is 15.3 Å². The summed E-state index contributed by atoms with van der Waals surface area (Å²) in [7, 11) is 0. The van der Waals surface area contributed by atoms with Gasteiger partial charge in [0.1, 0.15) is 0 Å². The molecule has 0 aromatic carbocycles. The molecule has 0 saturated carbocycles. The fourth-order valence-corrected chi connectivity index (χ4v) is 6.32. The summed E-state index contributed by atoms with van der Waals surface area (Å²) in [5.74, 6) is 0.326. The van der Waals surface area contributed by atoms with Crippen LogP contribution in [0.1, 0.15) is 96.4 Å². The van der Waals surface area contributed by atoms with E-state index in [4.69, 9.17) is 0 Å². The topological polar surface area (TPSA) is 60.7 Å². The summed E-state index contributed by atoms with van der Waals surface area (Å²) < 4.78 is 0. The molecule has 3 nitrogen and oxygen atoms in total. The predicted octanol–water partition coefficient (Wildman–Crippen LogP) is 8.36. The zero-order valence-corrected chi connectivity index (χ0v) is 27.6. The van der Waals surface area contributed by atoms with Crippen LogP contribution < -0.4 is 0 Å². The highest BCUT2D eigenvalue weighted by molar-refractivity contribution is 5.44. The second-order valence-corrected chi connectivity index (χ2v) is 16.6. The van der Waals surface area contributed by atoms with Crippen LogP contribution in [0.25, 0.3) is 0 Å². The molecule has 3 aliphatic carbocycles. The first-order valence-electron chi connectivity index (χ1n) is 15.2. The zero-order chi connectivity index (χ0) is 30.7. The molecule has 3 heteroatoms. The van der Waals surface area contributed by atoms with Crippen LogP contribution in [0.2, 0.25) is 0 Å². The Hall–Kier alpha value is -1.68. The highest BCUT2D eigenvalue weighted by Crippen LogP contribution is 2.52. The number of rotatable bonds is 5. The number of aliphatic hydroxyl groups is 3. The van der Waals surface area contributed by atoms with Gasteiger partial charge in [0.25, 0.3) is 0 Å². The van der Waals surface area contributed by atoms with Crippen molar-refractivity contribution in [3.63, 3.8) is 0 Å². The maximum Gasteiger partial charge on any atom is 0.0817 e. The summed E-state index contributed by atoms with van der Waals surface area (Å²) in [5.41, 5.74) is 2.14. The molecule has 0 heterocycles. The monoisotopic (exact) mass is 550 g/mol. The Labute approximate surface area is 245 Å². The molecule has 0 aromatic rings. The minimum atomic E-state index is -0.551. The molecule has 3 rings (SSSR count). The third kappa shape index (κ3) is 5.68. The summed E-state index contributed by atoms with van der Waals surface area (Å²) in [6, 6.07) is 0. The Morgan fingerprint density at radius 1 is 0.575 bits per heavy atom. The molecule has 0 aliphatic heterocycles. The lowest BCUT2D eigenvalue weighted by Gasteiger charge is -2.47. The molecule has 0 amide bonds. The van der Waals surface area contributed by atoms with Crippen molar-refractivity contribution in [2.24, 2.45) is 44.3 Å². The van der Waals surface area contributed by atoms with Crippen molar-refractivity contribution in [1.82, 2.24) is 0 Å². The van der Waals surface area contributed by atoms with Crippen LogP contribution >= 0.6 is 0 Å². The van der Waals surface area contributed by atoms with Crippen LogP contribution in [0.5, 0.6) is 0 Å².